The molecular weight excluding hydrogens is 394 g/mol. The molecule has 4 rings (SSSR count). The number of piperidine rings is 1. The predicted octanol–water partition coefficient (Wildman–Crippen LogP) is 2.83. The summed E-state index contributed by atoms with van der Waals surface area (Å²) in [5.74, 6) is 0.458. The monoisotopic (exact) mass is 419 g/mol. The number of hydrogen-bond acceptors (Lipinski definition) is 5. The average Bonchev–Trinajstić information content (AvgIpc) is 3.32. The van der Waals surface area contributed by atoms with E-state index < -0.39 is 0 Å². The smallest absolute Gasteiger partial charge is 0.244 e. The maximum absolute atomic E-state index is 12.8. The lowest BCUT2D eigenvalue weighted by Gasteiger charge is -2.32. The third-order valence-electron chi connectivity index (χ3n) is 5.46. The van der Waals surface area contributed by atoms with E-state index in [1.165, 1.54) is 17.3 Å². The van der Waals surface area contributed by atoms with Crippen LogP contribution in [0.5, 0.6) is 5.75 Å². The first-order chi connectivity index (χ1) is 15.1. The highest BCUT2D eigenvalue weighted by atomic mass is 16.5. The van der Waals surface area contributed by atoms with Crippen molar-refractivity contribution in [3.8, 4) is 16.9 Å². The van der Waals surface area contributed by atoms with Crippen molar-refractivity contribution in [1.29, 1.82) is 0 Å². The Morgan fingerprint density at radius 3 is 2.74 bits per heavy atom. The van der Waals surface area contributed by atoms with E-state index in [4.69, 9.17) is 4.74 Å². The number of anilines is 1. The van der Waals surface area contributed by atoms with Gasteiger partial charge in [-0.15, -0.1) is 0 Å². The molecule has 0 aliphatic carbocycles. The van der Waals surface area contributed by atoms with Gasteiger partial charge in [0.15, 0.2) is 0 Å². The fourth-order valence-electron chi connectivity index (χ4n) is 3.76. The van der Waals surface area contributed by atoms with E-state index in [-0.39, 0.29) is 24.3 Å². The van der Waals surface area contributed by atoms with E-state index in [1.54, 1.807) is 12.0 Å². The summed E-state index contributed by atoms with van der Waals surface area (Å²) in [5.41, 5.74) is 2.83. The molecule has 1 aromatic heterocycles. The lowest BCUT2D eigenvalue weighted by Crippen LogP contribution is -2.45. The fourth-order valence-corrected chi connectivity index (χ4v) is 3.76. The first kappa shape index (κ1) is 20.6. The molecule has 2 amide bonds. The van der Waals surface area contributed by atoms with Gasteiger partial charge in [0, 0.05) is 18.8 Å². The number of likely N-dealkylation sites (tertiary alicyclic amines) is 1. The Morgan fingerprint density at radius 2 is 2.00 bits per heavy atom. The van der Waals surface area contributed by atoms with Crippen LogP contribution in [0.1, 0.15) is 12.8 Å². The summed E-state index contributed by atoms with van der Waals surface area (Å²) in [6, 6.07) is 15.6. The number of methoxy groups -OCH3 is 1. The molecule has 2 aromatic carbocycles. The minimum Gasteiger partial charge on any atom is -0.497 e. The van der Waals surface area contributed by atoms with Crippen LogP contribution in [0.4, 0.5) is 5.69 Å². The quantitative estimate of drug-likeness (QED) is 0.664. The minimum absolute atomic E-state index is 0.0503. The van der Waals surface area contributed by atoms with Crippen LogP contribution < -0.4 is 10.1 Å². The highest BCUT2D eigenvalue weighted by Gasteiger charge is 2.28. The Bertz CT molecular complexity index is 1030. The highest BCUT2D eigenvalue weighted by molar-refractivity contribution is 5.93. The maximum Gasteiger partial charge on any atom is 0.244 e. The molecule has 0 spiro atoms. The van der Waals surface area contributed by atoms with E-state index >= 15 is 0 Å². The Balaban J connectivity index is 1.35. The van der Waals surface area contributed by atoms with Crippen LogP contribution in [0.15, 0.2) is 61.2 Å². The Morgan fingerprint density at radius 1 is 1.16 bits per heavy atom. The largest absolute Gasteiger partial charge is 0.497 e. The molecule has 8 heteroatoms. The van der Waals surface area contributed by atoms with Crippen molar-refractivity contribution in [2.24, 2.45) is 5.92 Å². The molecule has 2 heterocycles. The summed E-state index contributed by atoms with van der Waals surface area (Å²) in [6.45, 7) is 1.22. The van der Waals surface area contributed by atoms with Gasteiger partial charge in [-0.1, -0.05) is 24.3 Å². The van der Waals surface area contributed by atoms with Crippen LogP contribution in [0, 0.1) is 5.92 Å². The zero-order valence-corrected chi connectivity index (χ0v) is 17.4. The van der Waals surface area contributed by atoms with Gasteiger partial charge in [0.1, 0.15) is 24.9 Å². The number of nitrogens with zero attached hydrogens (tertiary/aromatic N) is 4. The van der Waals surface area contributed by atoms with Crippen molar-refractivity contribution in [2.45, 2.75) is 19.4 Å². The molecule has 3 aromatic rings. The number of aromatic nitrogens is 3. The molecule has 160 valence electrons. The summed E-state index contributed by atoms with van der Waals surface area (Å²) in [6.07, 6.45) is 4.48. The minimum atomic E-state index is -0.230. The van der Waals surface area contributed by atoms with Crippen LogP contribution in [0.3, 0.4) is 0 Å². The van der Waals surface area contributed by atoms with Gasteiger partial charge in [-0.3, -0.25) is 9.59 Å². The molecule has 1 aliphatic heterocycles. The molecule has 1 N–H and O–H groups in total. The Labute approximate surface area is 180 Å². The molecule has 0 unspecified atom stereocenters. The van der Waals surface area contributed by atoms with Gasteiger partial charge < -0.3 is 15.0 Å². The molecule has 0 radical (unpaired) electrons. The maximum atomic E-state index is 12.8. The number of carbonyl (C=O) groups is 2. The number of hydrogen-bond donors (Lipinski definition) is 1. The number of ether oxygens (including phenoxy) is 1. The second-order valence-corrected chi connectivity index (χ2v) is 7.57. The van der Waals surface area contributed by atoms with Gasteiger partial charge in [0.05, 0.1) is 13.0 Å². The normalized spacial score (nSPS) is 16.0. The van der Waals surface area contributed by atoms with Gasteiger partial charge in [-0.2, -0.15) is 5.10 Å². The van der Waals surface area contributed by atoms with Crippen LogP contribution in [-0.4, -0.2) is 51.7 Å². The van der Waals surface area contributed by atoms with Gasteiger partial charge in [0.25, 0.3) is 0 Å². The van der Waals surface area contributed by atoms with E-state index in [2.05, 4.69) is 15.4 Å². The summed E-state index contributed by atoms with van der Waals surface area (Å²) in [4.78, 5) is 30.9. The van der Waals surface area contributed by atoms with Gasteiger partial charge in [-0.25, -0.2) is 9.67 Å². The summed E-state index contributed by atoms with van der Waals surface area (Å²) >= 11 is 0. The predicted molar refractivity (Wildman–Crippen MR) is 116 cm³/mol. The second-order valence-electron chi connectivity index (χ2n) is 7.57. The number of benzene rings is 2. The summed E-state index contributed by atoms with van der Waals surface area (Å²) in [5, 5.41) is 6.96. The molecule has 31 heavy (non-hydrogen) atoms. The molecule has 8 nitrogen and oxygen atoms in total. The summed E-state index contributed by atoms with van der Waals surface area (Å²) in [7, 11) is 1.65. The second kappa shape index (κ2) is 9.42. The average molecular weight is 419 g/mol. The first-order valence-electron chi connectivity index (χ1n) is 10.3. The fraction of sp³-hybridized carbons (Fsp3) is 0.304. The van der Waals surface area contributed by atoms with Crippen molar-refractivity contribution in [1.82, 2.24) is 19.7 Å². The lowest BCUT2D eigenvalue weighted by atomic mass is 9.96. The van der Waals surface area contributed by atoms with Gasteiger partial charge >= 0.3 is 0 Å². The molecule has 0 bridgehead atoms. The van der Waals surface area contributed by atoms with Crippen molar-refractivity contribution in [2.75, 3.05) is 25.5 Å². The Kier molecular flexibility index (Phi) is 6.26. The van der Waals surface area contributed by atoms with Gasteiger partial charge in [-0.05, 0) is 48.2 Å². The van der Waals surface area contributed by atoms with Crippen molar-refractivity contribution in [3.63, 3.8) is 0 Å². The van der Waals surface area contributed by atoms with Crippen LogP contribution in [-0.2, 0) is 16.1 Å². The van der Waals surface area contributed by atoms with Crippen LogP contribution >= 0.6 is 0 Å². The molecule has 0 saturated carbocycles. The molecule has 1 atom stereocenters. The van der Waals surface area contributed by atoms with Crippen molar-refractivity contribution in [3.05, 3.63) is 61.2 Å². The third-order valence-corrected chi connectivity index (χ3v) is 5.46. The lowest BCUT2D eigenvalue weighted by molar-refractivity contribution is -0.135. The zero-order valence-electron chi connectivity index (χ0n) is 17.4. The number of amides is 2. The van der Waals surface area contributed by atoms with Crippen molar-refractivity contribution < 1.29 is 14.3 Å². The number of rotatable bonds is 6. The molecule has 1 aliphatic rings. The zero-order chi connectivity index (χ0) is 21.6. The van der Waals surface area contributed by atoms with Crippen LogP contribution in [0.25, 0.3) is 11.1 Å². The Hall–Kier alpha value is -3.68. The van der Waals surface area contributed by atoms with E-state index in [9.17, 15) is 9.59 Å². The standard InChI is InChI=1S/C23H25N5O3/c1-31-21-6-2-4-18(12-21)17-7-9-20(10-8-17)26-23(30)19-5-3-11-27(13-19)22(29)14-28-16-24-15-25-28/h2,4,6-10,12,15-16,19H,3,5,11,13-14H2,1H3,(H,26,30)/t19-/m1/s1. The van der Waals surface area contributed by atoms with Crippen LogP contribution in [0.2, 0.25) is 0 Å². The topological polar surface area (TPSA) is 89.4 Å². The molecule has 1 saturated heterocycles. The molecular formula is C23H25N5O3. The van der Waals surface area contributed by atoms with Gasteiger partial charge in [0.2, 0.25) is 11.8 Å². The number of nitrogens with one attached hydrogen (secondary N) is 1. The van der Waals surface area contributed by atoms with E-state index in [1.807, 2.05) is 48.5 Å². The first-order valence-corrected chi connectivity index (χ1v) is 10.3. The van der Waals surface area contributed by atoms with E-state index in [0.29, 0.717) is 13.1 Å². The SMILES string of the molecule is COc1cccc(-c2ccc(NC(=O)[C@@H]3CCCN(C(=O)Cn4cncn4)C3)cc2)c1. The molecule has 1 fully saturated rings. The highest BCUT2D eigenvalue weighted by Crippen LogP contribution is 2.26. The summed E-state index contributed by atoms with van der Waals surface area (Å²) < 4.78 is 6.78. The van der Waals surface area contributed by atoms with E-state index in [0.717, 1.165) is 35.4 Å². The number of carbonyl (C=O) groups excluding carboxylic acids is 2. The van der Waals surface area contributed by atoms with Crippen molar-refractivity contribution >= 4 is 17.5 Å². The third kappa shape index (κ3) is 5.09.